The van der Waals surface area contributed by atoms with Gasteiger partial charge in [-0.25, -0.2) is 4.79 Å². The minimum Gasteiger partial charge on any atom is -0.478 e. The van der Waals surface area contributed by atoms with E-state index >= 15 is 0 Å². The van der Waals surface area contributed by atoms with Crippen LogP contribution in [-0.4, -0.2) is 21.9 Å². The maximum Gasteiger partial charge on any atom is 0.335 e. The first-order valence-electron chi connectivity index (χ1n) is 5.33. The maximum absolute atomic E-state index is 10.7. The average molecular weight is 285 g/mol. The molecule has 0 aromatic heterocycles. The van der Waals surface area contributed by atoms with Gasteiger partial charge in [0, 0.05) is 17.7 Å². The number of hydrogen-bond donors (Lipinski definition) is 1. The summed E-state index contributed by atoms with van der Waals surface area (Å²) in [7, 11) is 0. The van der Waals surface area contributed by atoms with Crippen molar-refractivity contribution in [3.05, 3.63) is 40.4 Å². The predicted octanol–water partition coefficient (Wildman–Crippen LogP) is 3.72. The van der Waals surface area contributed by atoms with Gasteiger partial charge in [-0.05, 0) is 24.1 Å². The van der Waals surface area contributed by atoms with E-state index in [-0.39, 0.29) is 10.7 Å². The second-order valence-corrected chi connectivity index (χ2v) is 5.25. The highest BCUT2D eigenvalue weighted by Crippen LogP contribution is 2.19. The molecule has 1 rings (SSSR count). The van der Waals surface area contributed by atoms with Crippen LogP contribution in [0.4, 0.5) is 0 Å². The molecule has 1 aromatic carbocycles. The zero-order chi connectivity index (χ0) is 13.5. The van der Waals surface area contributed by atoms with Crippen molar-refractivity contribution < 1.29 is 14.7 Å². The second-order valence-electron chi connectivity index (χ2n) is 3.57. The summed E-state index contributed by atoms with van der Waals surface area (Å²) in [5, 5.41) is 9.30. The third-order valence-corrected chi connectivity index (χ3v) is 3.31. The quantitative estimate of drug-likeness (QED) is 0.837. The first kappa shape index (κ1) is 14.8. The molecule has 0 spiro atoms. The van der Waals surface area contributed by atoms with E-state index < -0.39 is 5.97 Å². The van der Waals surface area contributed by atoms with Crippen LogP contribution >= 0.6 is 23.4 Å². The van der Waals surface area contributed by atoms with E-state index in [0.717, 1.165) is 17.7 Å². The molecule has 18 heavy (non-hydrogen) atoms. The molecule has 0 aliphatic heterocycles. The summed E-state index contributed by atoms with van der Waals surface area (Å²) in [6, 6.07) is 4.60. The van der Waals surface area contributed by atoms with E-state index in [1.54, 1.807) is 6.07 Å². The molecule has 0 saturated heterocycles. The molecule has 0 bridgehead atoms. The molecule has 3 nitrogen and oxygen atoms in total. The number of allylic oxidation sites excluding steroid dienone is 1. The summed E-state index contributed by atoms with van der Waals surface area (Å²) >= 11 is 7.24. The minimum absolute atomic E-state index is 0.104. The van der Waals surface area contributed by atoms with Gasteiger partial charge >= 0.3 is 5.97 Å². The average Bonchev–Trinajstić information content (AvgIpc) is 2.29. The Morgan fingerprint density at radius 2 is 2.17 bits per heavy atom. The summed E-state index contributed by atoms with van der Waals surface area (Å²) in [6.07, 6.45) is 4.51. The lowest BCUT2D eigenvalue weighted by Gasteiger charge is -2.00. The highest BCUT2D eigenvalue weighted by molar-refractivity contribution is 8.13. The summed E-state index contributed by atoms with van der Waals surface area (Å²) in [5.74, 6) is -0.262. The van der Waals surface area contributed by atoms with Crippen molar-refractivity contribution in [1.82, 2.24) is 0 Å². The standard InChI is InChI=1S/C13H13ClO3S/c1-9(15)18-7-3-2-4-10-5-6-11(13(16)17)8-12(10)14/h2,4-6,8H,3,7H2,1H3,(H,16,17). The number of thioether (sulfide) groups is 1. The van der Waals surface area contributed by atoms with Crippen molar-refractivity contribution in [2.75, 3.05) is 5.75 Å². The fourth-order valence-corrected chi connectivity index (χ4v) is 2.06. The van der Waals surface area contributed by atoms with Crippen LogP contribution in [0.1, 0.15) is 29.3 Å². The lowest BCUT2D eigenvalue weighted by atomic mass is 10.1. The Labute approximate surface area is 115 Å². The molecule has 0 unspecified atom stereocenters. The van der Waals surface area contributed by atoms with Crippen molar-refractivity contribution in [2.45, 2.75) is 13.3 Å². The highest BCUT2D eigenvalue weighted by atomic mass is 35.5. The number of carboxylic acids is 1. The first-order chi connectivity index (χ1) is 8.50. The Bertz CT molecular complexity index is 483. The second kappa shape index (κ2) is 7.24. The molecule has 0 heterocycles. The predicted molar refractivity (Wildman–Crippen MR) is 75.2 cm³/mol. The number of rotatable bonds is 5. The van der Waals surface area contributed by atoms with Crippen molar-refractivity contribution in [1.29, 1.82) is 0 Å². The number of carbonyl (C=O) groups excluding carboxylic acids is 1. The van der Waals surface area contributed by atoms with Gasteiger partial charge in [0.15, 0.2) is 5.12 Å². The van der Waals surface area contributed by atoms with Crippen LogP contribution in [0.15, 0.2) is 24.3 Å². The highest BCUT2D eigenvalue weighted by Gasteiger charge is 2.04. The Balaban J connectivity index is 2.59. The van der Waals surface area contributed by atoms with Gasteiger partial charge in [0.25, 0.3) is 0 Å². The van der Waals surface area contributed by atoms with Crippen molar-refractivity contribution in [2.24, 2.45) is 0 Å². The lowest BCUT2D eigenvalue weighted by Crippen LogP contribution is -1.95. The van der Waals surface area contributed by atoms with Crippen LogP contribution in [0.3, 0.4) is 0 Å². The Morgan fingerprint density at radius 3 is 2.72 bits per heavy atom. The van der Waals surface area contributed by atoms with E-state index in [9.17, 15) is 9.59 Å². The van der Waals surface area contributed by atoms with Crippen LogP contribution in [0.5, 0.6) is 0 Å². The molecule has 1 aromatic rings. The zero-order valence-corrected chi connectivity index (χ0v) is 11.4. The summed E-state index contributed by atoms with van der Waals surface area (Å²) in [5.41, 5.74) is 0.943. The van der Waals surface area contributed by atoms with Crippen LogP contribution in [0.2, 0.25) is 5.02 Å². The van der Waals surface area contributed by atoms with Crippen molar-refractivity contribution in [3.63, 3.8) is 0 Å². The van der Waals surface area contributed by atoms with Gasteiger partial charge in [0.1, 0.15) is 0 Å². The van der Waals surface area contributed by atoms with Gasteiger partial charge in [-0.1, -0.05) is 41.6 Å². The molecule has 0 atom stereocenters. The largest absolute Gasteiger partial charge is 0.478 e. The van der Waals surface area contributed by atoms with Crippen LogP contribution in [0.25, 0.3) is 6.08 Å². The number of carbonyl (C=O) groups is 2. The summed E-state index contributed by atoms with van der Waals surface area (Å²) in [4.78, 5) is 21.4. The number of hydrogen-bond acceptors (Lipinski definition) is 3. The molecule has 0 fully saturated rings. The smallest absolute Gasteiger partial charge is 0.335 e. The molecular weight excluding hydrogens is 272 g/mol. The van der Waals surface area contributed by atoms with E-state index in [1.165, 1.54) is 30.8 Å². The van der Waals surface area contributed by atoms with Gasteiger partial charge in [0.2, 0.25) is 0 Å². The Kier molecular flexibility index (Phi) is 5.95. The monoisotopic (exact) mass is 284 g/mol. The molecule has 5 heteroatoms. The molecule has 1 N–H and O–H groups in total. The molecule has 0 saturated carbocycles. The molecule has 0 aliphatic rings. The number of benzene rings is 1. The molecule has 0 radical (unpaired) electrons. The Morgan fingerprint density at radius 1 is 1.44 bits per heavy atom. The minimum atomic E-state index is -0.995. The van der Waals surface area contributed by atoms with E-state index in [1.807, 2.05) is 12.2 Å². The summed E-state index contributed by atoms with van der Waals surface area (Å²) in [6.45, 7) is 1.54. The van der Waals surface area contributed by atoms with Gasteiger partial charge in [-0.3, -0.25) is 4.79 Å². The van der Waals surface area contributed by atoms with Crippen molar-refractivity contribution in [3.8, 4) is 0 Å². The molecular formula is C13H13ClO3S. The van der Waals surface area contributed by atoms with Crippen LogP contribution in [-0.2, 0) is 4.79 Å². The zero-order valence-electron chi connectivity index (χ0n) is 9.85. The van der Waals surface area contributed by atoms with Crippen LogP contribution < -0.4 is 0 Å². The molecule has 0 aliphatic carbocycles. The number of aromatic carboxylic acids is 1. The van der Waals surface area contributed by atoms with Gasteiger partial charge in [-0.2, -0.15) is 0 Å². The van der Waals surface area contributed by atoms with Gasteiger partial charge in [-0.15, -0.1) is 0 Å². The third kappa shape index (κ3) is 4.94. The Hall–Kier alpha value is -1.26. The van der Waals surface area contributed by atoms with Crippen molar-refractivity contribution >= 4 is 40.5 Å². The lowest BCUT2D eigenvalue weighted by molar-refractivity contribution is -0.109. The normalized spacial score (nSPS) is 10.8. The maximum atomic E-state index is 10.7. The van der Waals surface area contributed by atoms with E-state index in [4.69, 9.17) is 16.7 Å². The number of halogens is 1. The molecule has 96 valence electrons. The van der Waals surface area contributed by atoms with Gasteiger partial charge in [0.05, 0.1) is 5.56 Å². The number of carboxylic acid groups (broad SMARTS) is 1. The SMILES string of the molecule is CC(=O)SCCC=Cc1ccc(C(=O)O)cc1Cl. The van der Waals surface area contributed by atoms with E-state index in [2.05, 4.69) is 0 Å². The fraction of sp³-hybridized carbons (Fsp3) is 0.231. The fourth-order valence-electron chi connectivity index (χ4n) is 1.28. The third-order valence-electron chi connectivity index (χ3n) is 2.13. The molecule has 0 amide bonds. The van der Waals surface area contributed by atoms with E-state index in [0.29, 0.717) is 5.02 Å². The van der Waals surface area contributed by atoms with Gasteiger partial charge < -0.3 is 5.11 Å². The van der Waals surface area contributed by atoms with Crippen LogP contribution in [0, 0.1) is 0 Å². The topological polar surface area (TPSA) is 54.4 Å². The summed E-state index contributed by atoms with van der Waals surface area (Å²) < 4.78 is 0. The first-order valence-corrected chi connectivity index (χ1v) is 6.70.